The molecule has 1 atom stereocenters. The maximum atomic E-state index is 3.75. The summed E-state index contributed by atoms with van der Waals surface area (Å²) in [4.78, 5) is 2.42. The highest BCUT2D eigenvalue weighted by Gasteiger charge is 2.12. The predicted octanol–water partition coefficient (Wildman–Crippen LogP) is 2.91. The van der Waals surface area contributed by atoms with Crippen LogP contribution in [0.2, 0.25) is 0 Å². The van der Waals surface area contributed by atoms with Gasteiger partial charge in [0.15, 0.2) is 0 Å². The molecule has 0 bridgehead atoms. The van der Waals surface area contributed by atoms with E-state index < -0.39 is 0 Å². The molecule has 1 unspecified atom stereocenters. The number of hydrogen-bond donors (Lipinski definition) is 1. The first-order valence-corrected chi connectivity index (χ1v) is 6.39. The summed E-state index contributed by atoms with van der Waals surface area (Å²) in [6, 6.07) is 0. The fourth-order valence-corrected chi connectivity index (χ4v) is 1.67. The number of nitrogens with zero attached hydrogens (tertiary/aromatic N) is 1. The van der Waals surface area contributed by atoms with Crippen molar-refractivity contribution in [2.45, 2.75) is 46.1 Å². The second kappa shape index (κ2) is 7.86. The Bertz CT molecular complexity index is 182. The number of rotatable bonds is 8. The minimum absolute atomic E-state index is 0.232. The van der Waals surface area contributed by atoms with E-state index in [1.165, 1.54) is 19.5 Å². The molecule has 0 heterocycles. The normalized spacial score (nSPS) is 14.1. The molecule has 0 saturated carbocycles. The maximum absolute atomic E-state index is 3.75. The highest BCUT2D eigenvalue weighted by atomic mass is 15.1. The van der Waals surface area contributed by atoms with Crippen molar-refractivity contribution in [1.82, 2.24) is 10.2 Å². The van der Waals surface area contributed by atoms with Crippen molar-refractivity contribution in [2.75, 3.05) is 26.7 Å². The summed E-state index contributed by atoms with van der Waals surface area (Å²) >= 11 is 0. The van der Waals surface area contributed by atoms with Gasteiger partial charge >= 0.3 is 0 Å². The Labute approximate surface area is 102 Å². The lowest BCUT2D eigenvalue weighted by Gasteiger charge is -2.26. The van der Waals surface area contributed by atoms with E-state index >= 15 is 0 Å². The van der Waals surface area contributed by atoms with Gasteiger partial charge in [-0.05, 0) is 59.7 Å². The standard InChI is InChI=1S/C14H30N2/c1-7-8-9-10-16(6)12-13(2)11-15-14(3,4)5/h7,13,15H,1,8-12H2,2-6H3. The molecule has 0 spiro atoms. The molecule has 0 amide bonds. The molecule has 16 heavy (non-hydrogen) atoms. The van der Waals surface area contributed by atoms with E-state index in [0.717, 1.165) is 13.0 Å². The predicted molar refractivity (Wildman–Crippen MR) is 73.8 cm³/mol. The van der Waals surface area contributed by atoms with Crippen LogP contribution >= 0.6 is 0 Å². The molecular formula is C14H30N2. The number of allylic oxidation sites excluding steroid dienone is 1. The van der Waals surface area contributed by atoms with Crippen molar-refractivity contribution < 1.29 is 0 Å². The minimum atomic E-state index is 0.232. The van der Waals surface area contributed by atoms with Gasteiger partial charge in [0.2, 0.25) is 0 Å². The van der Waals surface area contributed by atoms with Crippen LogP contribution < -0.4 is 5.32 Å². The lowest BCUT2D eigenvalue weighted by Crippen LogP contribution is -2.41. The zero-order valence-electron chi connectivity index (χ0n) is 11.8. The molecule has 0 aliphatic rings. The van der Waals surface area contributed by atoms with Gasteiger partial charge in [-0.2, -0.15) is 0 Å². The molecule has 96 valence electrons. The molecule has 0 radical (unpaired) electrons. The number of unbranched alkanes of at least 4 members (excludes halogenated alkanes) is 1. The van der Waals surface area contributed by atoms with Crippen LogP contribution in [0.1, 0.15) is 40.5 Å². The van der Waals surface area contributed by atoms with Crippen LogP contribution in [0.15, 0.2) is 12.7 Å². The van der Waals surface area contributed by atoms with Crippen molar-refractivity contribution in [3.8, 4) is 0 Å². The zero-order valence-corrected chi connectivity index (χ0v) is 11.8. The molecule has 0 rings (SSSR count). The van der Waals surface area contributed by atoms with Crippen LogP contribution in [0, 0.1) is 5.92 Å². The first kappa shape index (κ1) is 15.7. The topological polar surface area (TPSA) is 15.3 Å². The Kier molecular flexibility index (Phi) is 7.69. The van der Waals surface area contributed by atoms with Gasteiger partial charge in [0.25, 0.3) is 0 Å². The highest BCUT2D eigenvalue weighted by Crippen LogP contribution is 2.03. The van der Waals surface area contributed by atoms with Gasteiger partial charge < -0.3 is 10.2 Å². The average Bonchev–Trinajstić information content (AvgIpc) is 2.14. The Hall–Kier alpha value is -0.340. The van der Waals surface area contributed by atoms with Crippen molar-refractivity contribution in [3.05, 3.63) is 12.7 Å². The van der Waals surface area contributed by atoms with Gasteiger partial charge in [-0.1, -0.05) is 13.0 Å². The van der Waals surface area contributed by atoms with Crippen LogP contribution in [0.3, 0.4) is 0 Å². The van der Waals surface area contributed by atoms with E-state index in [0.29, 0.717) is 5.92 Å². The molecule has 2 heteroatoms. The third-order valence-corrected chi connectivity index (χ3v) is 2.55. The summed E-state index contributed by atoms with van der Waals surface area (Å²) in [5.74, 6) is 0.702. The van der Waals surface area contributed by atoms with E-state index in [1.54, 1.807) is 0 Å². The second-order valence-corrected chi connectivity index (χ2v) is 5.93. The summed E-state index contributed by atoms with van der Waals surface area (Å²) < 4.78 is 0. The van der Waals surface area contributed by atoms with Crippen molar-refractivity contribution >= 4 is 0 Å². The quantitative estimate of drug-likeness (QED) is 0.506. The van der Waals surface area contributed by atoms with Crippen LogP contribution in [-0.2, 0) is 0 Å². The molecule has 1 N–H and O–H groups in total. The monoisotopic (exact) mass is 226 g/mol. The number of hydrogen-bond acceptors (Lipinski definition) is 2. The fourth-order valence-electron chi connectivity index (χ4n) is 1.67. The van der Waals surface area contributed by atoms with Crippen molar-refractivity contribution in [1.29, 1.82) is 0 Å². The molecule has 0 fully saturated rings. The Morgan fingerprint density at radius 1 is 1.38 bits per heavy atom. The van der Waals surface area contributed by atoms with Crippen LogP contribution in [0.4, 0.5) is 0 Å². The Balaban J connectivity index is 3.61. The second-order valence-electron chi connectivity index (χ2n) is 5.93. The fraction of sp³-hybridized carbons (Fsp3) is 0.857. The third-order valence-electron chi connectivity index (χ3n) is 2.55. The van der Waals surface area contributed by atoms with E-state index in [9.17, 15) is 0 Å². The van der Waals surface area contributed by atoms with Gasteiger partial charge in [0.1, 0.15) is 0 Å². The largest absolute Gasteiger partial charge is 0.312 e. The third kappa shape index (κ3) is 10.2. The van der Waals surface area contributed by atoms with Crippen LogP contribution in [-0.4, -0.2) is 37.1 Å². The van der Waals surface area contributed by atoms with Gasteiger partial charge in [-0.25, -0.2) is 0 Å². The molecule has 0 aromatic heterocycles. The average molecular weight is 226 g/mol. The Morgan fingerprint density at radius 2 is 2.00 bits per heavy atom. The van der Waals surface area contributed by atoms with Crippen LogP contribution in [0.25, 0.3) is 0 Å². The molecule has 0 aliphatic heterocycles. The minimum Gasteiger partial charge on any atom is -0.312 e. The zero-order chi connectivity index (χ0) is 12.6. The summed E-state index contributed by atoms with van der Waals surface area (Å²) in [5, 5.41) is 3.55. The molecule has 0 aliphatic carbocycles. The summed E-state index contributed by atoms with van der Waals surface area (Å²) in [5.41, 5.74) is 0.232. The number of nitrogens with one attached hydrogen (secondary N) is 1. The first-order valence-electron chi connectivity index (χ1n) is 6.39. The summed E-state index contributed by atoms with van der Waals surface area (Å²) in [7, 11) is 2.21. The summed E-state index contributed by atoms with van der Waals surface area (Å²) in [6.45, 7) is 16.1. The lowest BCUT2D eigenvalue weighted by atomic mass is 10.1. The molecule has 0 aromatic carbocycles. The Morgan fingerprint density at radius 3 is 2.50 bits per heavy atom. The molecule has 0 saturated heterocycles. The molecule has 2 nitrogen and oxygen atoms in total. The van der Waals surface area contributed by atoms with Gasteiger partial charge in [-0.3, -0.25) is 0 Å². The SMILES string of the molecule is C=CCCCN(C)CC(C)CNC(C)(C)C. The van der Waals surface area contributed by atoms with Gasteiger partial charge in [0.05, 0.1) is 0 Å². The van der Waals surface area contributed by atoms with E-state index in [2.05, 4.69) is 51.5 Å². The maximum Gasteiger partial charge on any atom is 0.00966 e. The lowest BCUT2D eigenvalue weighted by molar-refractivity contribution is 0.266. The van der Waals surface area contributed by atoms with Crippen molar-refractivity contribution in [2.24, 2.45) is 5.92 Å². The van der Waals surface area contributed by atoms with E-state index in [-0.39, 0.29) is 5.54 Å². The molecular weight excluding hydrogens is 196 g/mol. The van der Waals surface area contributed by atoms with Crippen LogP contribution in [0.5, 0.6) is 0 Å². The smallest absolute Gasteiger partial charge is 0.00966 e. The highest BCUT2D eigenvalue weighted by molar-refractivity contribution is 4.73. The van der Waals surface area contributed by atoms with E-state index in [1.807, 2.05) is 6.08 Å². The molecule has 0 aromatic rings. The first-order chi connectivity index (χ1) is 7.35. The van der Waals surface area contributed by atoms with Crippen molar-refractivity contribution in [3.63, 3.8) is 0 Å². The van der Waals surface area contributed by atoms with Gasteiger partial charge in [-0.15, -0.1) is 6.58 Å². The van der Waals surface area contributed by atoms with E-state index in [4.69, 9.17) is 0 Å². The van der Waals surface area contributed by atoms with Gasteiger partial charge in [0, 0.05) is 12.1 Å². The summed E-state index contributed by atoms with van der Waals surface area (Å²) in [6.07, 6.45) is 4.34.